The lowest BCUT2D eigenvalue weighted by Crippen LogP contribution is -2.49. The Bertz CT molecular complexity index is 1240. The number of hydrogen-bond donors (Lipinski definition) is 1. The van der Waals surface area contributed by atoms with Crippen LogP contribution >= 0.6 is 0 Å². The molecule has 31 heavy (non-hydrogen) atoms. The quantitative estimate of drug-likeness (QED) is 0.595. The zero-order chi connectivity index (χ0) is 23.0. The lowest BCUT2D eigenvalue weighted by atomic mass is 10.1. The van der Waals surface area contributed by atoms with Crippen molar-refractivity contribution in [2.75, 3.05) is 12.8 Å². The molecule has 0 atom stereocenters. The second-order valence-electron chi connectivity index (χ2n) is 7.50. The molecule has 0 amide bonds. The number of alkyl halides is 2. The van der Waals surface area contributed by atoms with Crippen LogP contribution < -0.4 is 5.73 Å². The molecule has 0 saturated heterocycles. The molecule has 3 rings (SSSR count). The average Bonchev–Trinajstić information content (AvgIpc) is 2.92. The van der Waals surface area contributed by atoms with Gasteiger partial charge < -0.3 is 10.3 Å². The Balaban J connectivity index is 2.14. The van der Waals surface area contributed by atoms with E-state index in [0.717, 1.165) is 13.2 Å². The van der Waals surface area contributed by atoms with E-state index in [4.69, 9.17) is 0 Å². The number of rotatable bonds is 7. The molecule has 0 aliphatic rings. The largest absolute Gasteiger partial charge is 0.354 e. The number of allylic oxidation sites excluding steroid dienone is 1. The number of halogens is 3. The third-order valence-electron chi connectivity index (χ3n) is 4.98. The molecule has 0 unspecified atom stereocenters. The summed E-state index contributed by atoms with van der Waals surface area (Å²) >= 11 is 0. The van der Waals surface area contributed by atoms with Gasteiger partial charge in [-0.15, -0.1) is 0 Å². The van der Waals surface area contributed by atoms with Crippen molar-refractivity contribution < 1.29 is 27.3 Å². The molecule has 0 aliphatic carbocycles. The summed E-state index contributed by atoms with van der Waals surface area (Å²) in [5.41, 5.74) is 6.13. The topological polar surface area (TPSA) is 92.5 Å². The molecule has 0 saturated carbocycles. The minimum Gasteiger partial charge on any atom is -0.354 e. The van der Waals surface area contributed by atoms with Crippen molar-refractivity contribution in [3.63, 3.8) is 0 Å². The standard InChI is InChI=1S/C21H23F3N4O2S/c1-13-16(10-14-4-7-19(26-11-14)31(3,29)30)20-17(28(13)12-15(22)8-9-25)5-6-18(27-20)21(2,23)24/h4-8,11H,9-10,12,25H2,1-3H3/p+1. The van der Waals surface area contributed by atoms with Gasteiger partial charge in [0.05, 0.1) is 24.1 Å². The first-order chi connectivity index (χ1) is 14.4. The molecule has 0 aliphatic heterocycles. The van der Waals surface area contributed by atoms with Crippen molar-refractivity contribution in [3.8, 4) is 0 Å². The SMILES string of the molecule is Cc1c(Cc2ccc(S(C)(=O)=O)nc2)c2nc(C(C)(F)F)ccc2n1CC(F)=CC[NH3+]. The number of aromatic nitrogens is 3. The monoisotopic (exact) mass is 453 g/mol. The summed E-state index contributed by atoms with van der Waals surface area (Å²) in [4.78, 5) is 8.17. The van der Waals surface area contributed by atoms with E-state index >= 15 is 0 Å². The Labute approximate surface area is 178 Å². The molecule has 0 fully saturated rings. The van der Waals surface area contributed by atoms with E-state index in [9.17, 15) is 21.6 Å². The lowest BCUT2D eigenvalue weighted by Gasteiger charge is -2.10. The van der Waals surface area contributed by atoms with Gasteiger partial charge in [0.1, 0.15) is 11.5 Å². The third-order valence-corrected chi connectivity index (χ3v) is 5.98. The zero-order valence-corrected chi connectivity index (χ0v) is 18.3. The van der Waals surface area contributed by atoms with Crippen molar-refractivity contribution in [2.24, 2.45) is 0 Å². The van der Waals surface area contributed by atoms with Gasteiger partial charge in [0, 0.05) is 43.1 Å². The van der Waals surface area contributed by atoms with Gasteiger partial charge in [-0.05, 0) is 30.7 Å². The highest BCUT2D eigenvalue weighted by molar-refractivity contribution is 7.90. The zero-order valence-electron chi connectivity index (χ0n) is 17.5. The van der Waals surface area contributed by atoms with E-state index in [1.54, 1.807) is 17.6 Å². The summed E-state index contributed by atoms with van der Waals surface area (Å²) < 4.78 is 67.0. The van der Waals surface area contributed by atoms with Crippen LogP contribution in [0.15, 0.2) is 47.4 Å². The third kappa shape index (κ3) is 4.96. The summed E-state index contributed by atoms with van der Waals surface area (Å²) in [7, 11) is -3.44. The molecule has 6 nitrogen and oxygen atoms in total. The van der Waals surface area contributed by atoms with Gasteiger partial charge in [-0.2, -0.15) is 8.78 Å². The molecule has 166 valence electrons. The smallest absolute Gasteiger partial charge is 0.286 e. The van der Waals surface area contributed by atoms with Gasteiger partial charge in [0.2, 0.25) is 0 Å². The maximum absolute atomic E-state index is 14.3. The first-order valence-electron chi connectivity index (χ1n) is 9.57. The van der Waals surface area contributed by atoms with Crippen molar-refractivity contribution >= 4 is 20.9 Å². The maximum atomic E-state index is 14.3. The van der Waals surface area contributed by atoms with Gasteiger partial charge in [-0.1, -0.05) is 6.07 Å². The minimum atomic E-state index is -3.44. The van der Waals surface area contributed by atoms with Crippen LogP contribution in [0.25, 0.3) is 11.0 Å². The molecule has 10 heteroatoms. The van der Waals surface area contributed by atoms with E-state index in [-0.39, 0.29) is 29.5 Å². The first kappa shape index (κ1) is 23.0. The summed E-state index contributed by atoms with van der Waals surface area (Å²) in [6.45, 7) is 2.78. The molecule has 0 spiro atoms. The molecular formula is C21H24F3N4O2S+. The van der Waals surface area contributed by atoms with Crippen LogP contribution in [0.3, 0.4) is 0 Å². The molecule has 0 radical (unpaired) electrons. The fourth-order valence-corrected chi connectivity index (χ4v) is 3.94. The Hall–Kier alpha value is -2.72. The van der Waals surface area contributed by atoms with Crippen molar-refractivity contribution in [3.05, 3.63) is 64.9 Å². The molecule has 0 bridgehead atoms. The Morgan fingerprint density at radius 1 is 1.26 bits per heavy atom. The number of pyridine rings is 2. The fraction of sp³-hybridized carbons (Fsp3) is 0.333. The summed E-state index contributed by atoms with van der Waals surface area (Å²) in [6, 6.07) is 5.78. The number of sulfone groups is 1. The first-order valence-corrected chi connectivity index (χ1v) is 11.5. The van der Waals surface area contributed by atoms with Gasteiger partial charge in [-0.3, -0.25) is 0 Å². The van der Waals surface area contributed by atoms with Gasteiger partial charge in [0.15, 0.2) is 14.9 Å². The predicted molar refractivity (Wildman–Crippen MR) is 111 cm³/mol. The Kier molecular flexibility index (Phi) is 6.24. The summed E-state index contributed by atoms with van der Waals surface area (Å²) in [5, 5.41) is -0.0539. The number of quaternary nitrogens is 1. The van der Waals surface area contributed by atoms with Crippen LogP contribution in [0.2, 0.25) is 0 Å². The summed E-state index contributed by atoms with van der Waals surface area (Å²) in [5.74, 6) is -3.51. The highest BCUT2D eigenvalue weighted by atomic mass is 32.2. The number of nitrogens with zero attached hydrogens (tertiary/aromatic N) is 3. The second kappa shape index (κ2) is 8.43. The average molecular weight is 454 g/mol. The fourth-order valence-electron chi connectivity index (χ4n) is 3.38. The predicted octanol–water partition coefficient (Wildman–Crippen LogP) is 2.94. The molecule has 3 N–H and O–H groups in total. The maximum Gasteiger partial charge on any atom is 0.286 e. The minimum absolute atomic E-state index is 0.0539. The van der Waals surface area contributed by atoms with Crippen molar-refractivity contribution in [1.29, 1.82) is 0 Å². The van der Waals surface area contributed by atoms with E-state index in [1.807, 2.05) is 0 Å². The van der Waals surface area contributed by atoms with Crippen LogP contribution in [-0.4, -0.2) is 35.8 Å². The van der Waals surface area contributed by atoms with Crippen molar-refractivity contribution in [1.82, 2.24) is 14.5 Å². The molecular weight excluding hydrogens is 429 g/mol. The van der Waals surface area contributed by atoms with Crippen LogP contribution in [-0.2, 0) is 28.7 Å². The summed E-state index contributed by atoms with van der Waals surface area (Å²) in [6.07, 6.45) is 4.14. The van der Waals surface area contributed by atoms with Gasteiger partial charge >= 0.3 is 0 Å². The molecule has 3 aromatic heterocycles. The van der Waals surface area contributed by atoms with E-state index in [2.05, 4.69) is 15.7 Å². The van der Waals surface area contributed by atoms with Gasteiger partial charge in [-0.25, -0.2) is 22.8 Å². The van der Waals surface area contributed by atoms with E-state index in [1.165, 1.54) is 30.5 Å². The van der Waals surface area contributed by atoms with E-state index in [0.29, 0.717) is 34.4 Å². The van der Waals surface area contributed by atoms with Crippen LogP contribution in [0.5, 0.6) is 0 Å². The molecule has 0 aromatic carbocycles. The highest BCUT2D eigenvalue weighted by Crippen LogP contribution is 2.32. The van der Waals surface area contributed by atoms with Gasteiger partial charge in [0.25, 0.3) is 5.92 Å². The van der Waals surface area contributed by atoms with Crippen molar-refractivity contribution in [2.45, 2.75) is 37.8 Å². The normalized spacial score (nSPS) is 13.2. The van der Waals surface area contributed by atoms with Crippen LogP contribution in [0.4, 0.5) is 13.2 Å². The van der Waals surface area contributed by atoms with Crippen LogP contribution in [0.1, 0.15) is 29.4 Å². The highest BCUT2D eigenvalue weighted by Gasteiger charge is 2.28. The second-order valence-corrected chi connectivity index (χ2v) is 9.46. The lowest BCUT2D eigenvalue weighted by molar-refractivity contribution is -0.353. The molecule has 3 heterocycles. The number of fused-ring (bicyclic) bond motifs is 1. The Morgan fingerprint density at radius 2 is 1.97 bits per heavy atom. The van der Waals surface area contributed by atoms with E-state index < -0.39 is 15.8 Å². The number of hydrogen-bond acceptors (Lipinski definition) is 4. The molecule has 3 aromatic rings. The Morgan fingerprint density at radius 3 is 2.52 bits per heavy atom. The van der Waals surface area contributed by atoms with Crippen LogP contribution in [0, 0.1) is 6.92 Å².